The van der Waals surface area contributed by atoms with Crippen molar-refractivity contribution in [2.45, 2.75) is 71.3 Å². The quantitative estimate of drug-likeness (QED) is 0.258. The van der Waals surface area contributed by atoms with Crippen molar-refractivity contribution in [3.63, 3.8) is 0 Å². The van der Waals surface area contributed by atoms with Crippen molar-refractivity contribution in [1.82, 2.24) is 10.3 Å². The Morgan fingerprint density at radius 2 is 1.88 bits per heavy atom. The predicted octanol–water partition coefficient (Wildman–Crippen LogP) is 7.72. The zero-order valence-electron chi connectivity index (χ0n) is 23.5. The van der Waals surface area contributed by atoms with Gasteiger partial charge in [0.15, 0.2) is 0 Å². The van der Waals surface area contributed by atoms with Gasteiger partial charge in [-0.3, -0.25) is 9.59 Å². The number of carbonyl (C=O) groups is 2. The van der Waals surface area contributed by atoms with E-state index in [1.807, 2.05) is 45.9 Å². The summed E-state index contributed by atoms with van der Waals surface area (Å²) >= 11 is 9.99. The first-order valence-electron chi connectivity index (χ1n) is 13.7. The summed E-state index contributed by atoms with van der Waals surface area (Å²) in [6.07, 6.45) is 3.81. The zero-order valence-corrected chi connectivity index (χ0v) is 25.8. The van der Waals surface area contributed by atoms with Crippen molar-refractivity contribution < 1.29 is 18.7 Å². The van der Waals surface area contributed by atoms with Crippen LogP contribution in [0.4, 0.5) is 10.2 Å². The lowest BCUT2D eigenvalue weighted by Crippen LogP contribution is -2.33. The lowest BCUT2D eigenvalue weighted by Gasteiger charge is -2.30. The lowest BCUT2D eigenvalue weighted by molar-refractivity contribution is -0.155. The predicted molar refractivity (Wildman–Crippen MR) is 162 cm³/mol. The number of carbonyl (C=O) groups excluding carboxylic acids is 2. The van der Waals surface area contributed by atoms with Crippen molar-refractivity contribution in [1.29, 1.82) is 0 Å². The van der Waals surface area contributed by atoms with Gasteiger partial charge in [0.1, 0.15) is 17.2 Å². The molecule has 1 fully saturated rings. The van der Waals surface area contributed by atoms with Crippen LogP contribution in [-0.2, 0) is 9.53 Å². The van der Waals surface area contributed by atoms with Crippen LogP contribution in [0, 0.1) is 12.7 Å². The number of rotatable bonds is 8. The third-order valence-corrected chi connectivity index (χ3v) is 7.91. The monoisotopic (exact) mass is 631 g/mol. The molecule has 2 aromatic carbocycles. The molecule has 1 aliphatic rings. The second-order valence-corrected chi connectivity index (χ2v) is 12.7. The molecular formula is C31H36BrClFN3O3. The molecule has 9 heteroatoms. The highest BCUT2D eigenvalue weighted by Gasteiger charge is 2.25. The van der Waals surface area contributed by atoms with E-state index in [-0.39, 0.29) is 24.8 Å². The molecule has 214 valence electrons. The van der Waals surface area contributed by atoms with Crippen molar-refractivity contribution in [2.24, 2.45) is 0 Å². The number of aromatic nitrogens is 1. The summed E-state index contributed by atoms with van der Waals surface area (Å²) in [5.41, 5.74) is 2.05. The van der Waals surface area contributed by atoms with Crippen LogP contribution in [0.15, 0.2) is 40.9 Å². The number of hydrogen-bond donors (Lipinski definition) is 1. The number of hydrogen-bond acceptors (Lipinski definition) is 5. The molecule has 1 N–H and O–H groups in total. The second kappa shape index (κ2) is 12.9. The Hall–Kier alpha value is -2.71. The number of nitrogens with one attached hydrogen (secondary N) is 1. The van der Waals surface area contributed by atoms with E-state index in [9.17, 15) is 14.0 Å². The Bertz CT molecular complexity index is 1400. The van der Waals surface area contributed by atoms with Crippen LogP contribution in [0.25, 0.3) is 10.9 Å². The highest BCUT2D eigenvalue weighted by Crippen LogP contribution is 2.33. The SMILES string of the molecule is Cc1c(N2CCCCC2)nc2ccc(Br)cc2c1C(=O)NCC(CCC(=O)OC(C)(C)C)c1cc(F)ccc1Cl. The van der Waals surface area contributed by atoms with E-state index in [1.54, 1.807) is 0 Å². The van der Waals surface area contributed by atoms with E-state index < -0.39 is 17.3 Å². The van der Waals surface area contributed by atoms with Crippen LogP contribution >= 0.6 is 27.5 Å². The normalized spacial score (nSPS) is 14.7. The van der Waals surface area contributed by atoms with Crippen LogP contribution in [-0.4, -0.2) is 42.1 Å². The molecule has 0 spiro atoms. The molecule has 4 rings (SSSR count). The van der Waals surface area contributed by atoms with E-state index in [0.29, 0.717) is 22.6 Å². The lowest BCUT2D eigenvalue weighted by atomic mass is 9.93. The van der Waals surface area contributed by atoms with Crippen LogP contribution < -0.4 is 10.2 Å². The number of ether oxygens (including phenoxy) is 1. The molecule has 3 aromatic rings. The van der Waals surface area contributed by atoms with Crippen LogP contribution in [0.1, 0.15) is 80.3 Å². The molecule has 2 heterocycles. The maximum absolute atomic E-state index is 14.2. The fourth-order valence-electron chi connectivity index (χ4n) is 5.21. The number of benzene rings is 2. The van der Waals surface area contributed by atoms with Crippen molar-refractivity contribution in [2.75, 3.05) is 24.5 Å². The minimum absolute atomic E-state index is 0.105. The van der Waals surface area contributed by atoms with Crippen LogP contribution in [0.3, 0.4) is 0 Å². The van der Waals surface area contributed by atoms with Gasteiger partial charge >= 0.3 is 5.97 Å². The zero-order chi connectivity index (χ0) is 29.0. The van der Waals surface area contributed by atoms with Crippen LogP contribution in [0.2, 0.25) is 5.02 Å². The summed E-state index contributed by atoms with van der Waals surface area (Å²) in [5.74, 6) is -0.616. The number of amides is 1. The third-order valence-electron chi connectivity index (χ3n) is 7.07. The van der Waals surface area contributed by atoms with Gasteiger partial charge in [0.05, 0.1) is 11.1 Å². The fourth-order valence-corrected chi connectivity index (χ4v) is 5.84. The first kappa shape index (κ1) is 30.3. The van der Waals surface area contributed by atoms with Crippen molar-refractivity contribution in [3.8, 4) is 0 Å². The summed E-state index contributed by atoms with van der Waals surface area (Å²) in [4.78, 5) is 33.5. The van der Waals surface area contributed by atoms with Crippen molar-refractivity contribution >= 4 is 56.1 Å². The Morgan fingerprint density at radius 1 is 1.15 bits per heavy atom. The molecule has 1 aliphatic heterocycles. The molecule has 0 radical (unpaired) electrons. The Kier molecular flexibility index (Phi) is 9.72. The highest BCUT2D eigenvalue weighted by molar-refractivity contribution is 9.10. The molecular weight excluding hydrogens is 597 g/mol. The van der Waals surface area contributed by atoms with Gasteiger partial charge in [-0.15, -0.1) is 0 Å². The molecule has 1 unspecified atom stereocenters. The fraction of sp³-hybridized carbons (Fsp3) is 0.452. The second-order valence-electron chi connectivity index (χ2n) is 11.3. The van der Waals surface area contributed by atoms with Gasteiger partial charge in [0, 0.05) is 52.4 Å². The van der Waals surface area contributed by atoms with Gasteiger partial charge < -0.3 is 15.0 Å². The highest BCUT2D eigenvalue weighted by atomic mass is 79.9. The number of fused-ring (bicyclic) bond motifs is 1. The van der Waals surface area contributed by atoms with E-state index in [2.05, 4.69) is 26.1 Å². The molecule has 0 saturated carbocycles. The smallest absolute Gasteiger partial charge is 0.306 e. The number of esters is 1. The average Bonchev–Trinajstić information content (AvgIpc) is 2.89. The topological polar surface area (TPSA) is 71.5 Å². The van der Waals surface area contributed by atoms with Gasteiger partial charge in [0.25, 0.3) is 5.91 Å². The first-order valence-corrected chi connectivity index (χ1v) is 14.9. The molecule has 1 atom stereocenters. The molecule has 6 nitrogen and oxygen atoms in total. The molecule has 1 aromatic heterocycles. The molecule has 1 amide bonds. The van der Waals surface area contributed by atoms with E-state index >= 15 is 0 Å². The molecule has 40 heavy (non-hydrogen) atoms. The first-order chi connectivity index (χ1) is 18.9. The summed E-state index contributed by atoms with van der Waals surface area (Å²) in [5, 5.41) is 4.20. The summed E-state index contributed by atoms with van der Waals surface area (Å²) in [6, 6.07) is 9.91. The summed E-state index contributed by atoms with van der Waals surface area (Å²) < 4.78 is 20.5. The third kappa shape index (κ3) is 7.52. The number of anilines is 1. The minimum atomic E-state index is -0.614. The summed E-state index contributed by atoms with van der Waals surface area (Å²) in [6.45, 7) is 9.35. The van der Waals surface area contributed by atoms with Crippen LogP contribution in [0.5, 0.6) is 0 Å². The van der Waals surface area contributed by atoms with E-state index in [4.69, 9.17) is 21.3 Å². The van der Waals surface area contributed by atoms with Gasteiger partial charge in [0.2, 0.25) is 0 Å². The molecule has 0 bridgehead atoms. The van der Waals surface area contributed by atoms with E-state index in [0.717, 1.165) is 52.7 Å². The largest absolute Gasteiger partial charge is 0.460 e. The van der Waals surface area contributed by atoms with E-state index in [1.165, 1.54) is 24.6 Å². The number of halogens is 3. The standard InChI is InChI=1S/C31H36BrClFN3O3/c1-19-28(24-16-21(32)9-12-26(24)36-29(19)37-14-6-5-7-15-37)30(39)35-18-20(8-13-27(38)40-31(2,3)4)23-17-22(34)10-11-25(23)33/h9-12,16-17,20H,5-8,13-15,18H2,1-4H3,(H,35,39). The average molecular weight is 633 g/mol. The Morgan fingerprint density at radius 3 is 2.58 bits per heavy atom. The summed E-state index contributed by atoms with van der Waals surface area (Å²) in [7, 11) is 0. The molecule has 1 saturated heterocycles. The van der Waals surface area contributed by atoms with Gasteiger partial charge in [-0.05, 0) is 95.3 Å². The number of pyridine rings is 1. The number of piperidine rings is 1. The molecule has 0 aliphatic carbocycles. The van der Waals surface area contributed by atoms with Crippen molar-refractivity contribution in [3.05, 3.63) is 68.4 Å². The van der Waals surface area contributed by atoms with Gasteiger partial charge in [-0.2, -0.15) is 0 Å². The van der Waals surface area contributed by atoms with Gasteiger partial charge in [-0.1, -0.05) is 27.5 Å². The minimum Gasteiger partial charge on any atom is -0.460 e. The van der Waals surface area contributed by atoms with Gasteiger partial charge in [-0.25, -0.2) is 9.37 Å². The Labute approximate surface area is 248 Å². The maximum atomic E-state index is 14.2. The maximum Gasteiger partial charge on any atom is 0.306 e. The Balaban J connectivity index is 1.64. The number of nitrogens with zero attached hydrogens (tertiary/aromatic N) is 2.